The average Bonchev–Trinajstić information content (AvgIpc) is 2.83. The first-order valence-electron chi connectivity index (χ1n) is 10.7. The number of carbonyl (C=O) groups excluding carboxylic acids is 1. The second-order valence-electron chi connectivity index (χ2n) is 7.87. The van der Waals surface area contributed by atoms with Crippen molar-refractivity contribution in [1.82, 2.24) is 10.2 Å². The molecule has 2 saturated heterocycles. The summed E-state index contributed by atoms with van der Waals surface area (Å²) in [7, 11) is 4.61. The number of carbonyl (C=O) groups is 1. The fourth-order valence-corrected chi connectivity index (χ4v) is 4.62. The second-order valence-corrected chi connectivity index (χ2v) is 7.87. The van der Waals surface area contributed by atoms with Gasteiger partial charge >= 0.3 is 0 Å². The standard InChI is InChI=1S/C24H30N2O5/c1-28-20-13-17(14-21(29-2)22(20)30-3)23(27)25-24-18-11-7-8-12-26(18)19(15-31-24)16-9-5-4-6-10-16/h4-6,9-10,13-14,18-19,24H,7-8,11-12,15H2,1-3H3,(H,25,27)/t18-,19?,24?/m0/s1. The van der Waals surface area contributed by atoms with Gasteiger partial charge in [-0.25, -0.2) is 0 Å². The number of piperidine rings is 1. The van der Waals surface area contributed by atoms with Crippen LogP contribution < -0.4 is 19.5 Å². The van der Waals surface area contributed by atoms with E-state index < -0.39 is 0 Å². The van der Waals surface area contributed by atoms with Gasteiger partial charge in [-0.05, 0) is 37.1 Å². The molecule has 2 fully saturated rings. The molecule has 4 rings (SSSR count). The Morgan fingerprint density at radius 1 is 1.03 bits per heavy atom. The van der Waals surface area contributed by atoms with Crippen LogP contribution in [0.5, 0.6) is 17.2 Å². The number of rotatable bonds is 6. The summed E-state index contributed by atoms with van der Waals surface area (Å²) in [6, 6.07) is 14.1. The van der Waals surface area contributed by atoms with Crippen LogP contribution in [0.25, 0.3) is 0 Å². The molecule has 31 heavy (non-hydrogen) atoms. The summed E-state index contributed by atoms with van der Waals surface area (Å²) >= 11 is 0. The molecule has 1 amide bonds. The topological polar surface area (TPSA) is 69.3 Å². The zero-order valence-electron chi connectivity index (χ0n) is 18.3. The molecule has 0 radical (unpaired) electrons. The Bertz CT molecular complexity index is 879. The Labute approximate surface area is 183 Å². The monoisotopic (exact) mass is 426 g/mol. The van der Waals surface area contributed by atoms with Crippen molar-refractivity contribution < 1.29 is 23.7 Å². The van der Waals surface area contributed by atoms with E-state index in [1.54, 1.807) is 12.1 Å². The summed E-state index contributed by atoms with van der Waals surface area (Å²) in [5.74, 6) is 1.12. The first-order chi connectivity index (χ1) is 15.2. The lowest BCUT2D eigenvalue weighted by molar-refractivity contribution is -0.125. The number of nitrogens with one attached hydrogen (secondary N) is 1. The molecule has 7 heteroatoms. The molecule has 2 aromatic rings. The van der Waals surface area contributed by atoms with Crippen molar-refractivity contribution in [2.45, 2.75) is 37.6 Å². The predicted molar refractivity (Wildman–Crippen MR) is 117 cm³/mol. The van der Waals surface area contributed by atoms with Gasteiger partial charge in [0.25, 0.3) is 5.91 Å². The zero-order chi connectivity index (χ0) is 21.8. The zero-order valence-corrected chi connectivity index (χ0v) is 18.3. The molecule has 2 unspecified atom stereocenters. The summed E-state index contributed by atoms with van der Waals surface area (Å²) in [4.78, 5) is 15.6. The van der Waals surface area contributed by atoms with Crippen LogP contribution in [0, 0.1) is 0 Å². The number of benzene rings is 2. The number of ether oxygens (including phenoxy) is 4. The quantitative estimate of drug-likeness (QED) is 0.764. The molecule has 2 aromatic carbocycles. The van der Waals surface area contributed by atoms with Crippen LogP contribution in [0.1, 0.15) is 41.2 Å². The highest BCUT2D eigenvalue weighted by molar-refractivity contribution is 5.95. The van der Waals surface area contributed by atoms with E-state index in [0.717, 1.165) is 25.8 Å². The van der Waals surface area contributed by atoms with E-state index in [2.05, 4.69) is 34.5 Å². The average molecular weight is 427 g/mol. The number of methoxy groups -OCH3 is 3. The Balaban J connectivity index is 1.54. The van der Waals surface area contributed by atoms with Crippen LogP contribution in [0.2, 0.25) is 0 Å². The molecule has 0 aromatic heterocycles. The van der Waals surface area contributed by atoms with Crippen molar-refractivity contribution in [3.63, 3.8) is 0 Å². The predicted octanol–water partition coefficient (Wildman–Crippen LogP) is 3.39. The van der Waals surface area contributed by atoms with Crippen LogP contribution in [0.3, 0.4) is 0 Å². The SMILES string of the molecule is COc1cc(C(=O)NC2OCC(c3ccccc3)N3CCCC[C@@H]23)cc(OC)c1OC. The molecule has 0 saturated carbocycles. The molecule has 3 atom stereocenters. The number of hydrogen-bond acceptors (Lipinski definition) is 6. The Morgan fingerprint density at radius 2 is 1.74 bits per heavy atom. The molecule has 7 nitrogen and oxygen atoms in total. The van der Waals surface area contributed by atoms with E-state index in [1.165, 1.54) is 26.9 Å². The minimum atomic E-state index is -0.369. The van der Waals surface area contributed by atoms with Gasteiger partial charge in [-0.3, -0.25) is 9.69 Å². The number of nitrogens with zero attached hydrogens (tertiary/aromatic N) is 1. The highest BCUT2D eigenvalue weighted by Crippen LogP contribution is 2.39. The van der Waals surface area contributed by atoms with Crippen molar-refractivity contribution in [1.29, 1.82) is 0 Å². The van der Waals surface area contributed by atoms with Gasteiger partial charge in [-0.15, -0.1) is 0 Å². The number of amides is 1. The first kappa shape index (κ1) is 21.5. The molecule has 0 aliphatic carbocycles. The molecule has 0 bridgehead atoms. The Kier molecular flexibility index (Phi) is 6.63. The molecule has 2 aliphatic rings. The summed E-state index contributed by atoms with van der Waals surface area (Å²) in [6.45, 7) is 1.55. The fraction of sp³-hybridized carbons (Fsp3) is 0.458. The van der Waals surface area contributed by atoms with Crippen molar-refractivity contribution in [3.8, 4) is 17.2 Å². The maximum atomic E-state index is 13.1. The minimum Gasteiger partial charge on any atom is -0.493 e. The lowest BCUT2D eigenvalue weighted by Crippen LogP contribution is -2.60. The third-order valence-corrected chi connectivity index (χ3v) is 6.16. The van der Waals surface area contributed by atoms with Gasteiger partial charge in [-0.2, -0.15) is 0 Å². The third kappa shape index (κ3) is 4.34. The lowest BCUT2D eigenvalue weighted by Gasteiger charge is -2.48. The highest BCUT2D eigenvalue weighted by Gasteiger charge is 2.40. The first-order valence-corrected chi connectivity index (χ1v) is 10.7. The van der Waals surface area contributed by atoms with Crippen LogP contribution in [-0.4, -0.2) is 57.6 Å². The van der Waals surface area contributed by atoms with Crippen LogP contribution in [0.15, 0.2) is 42.5 Å². The van der Waals surface area contributed by atoms with Crippen molar-refractivity contribution in [3.05, 3.63) is 53.6 Å². The van der Waals surface area contributed by atoms with Gasteiger partial charge in [0.05, 0.1) is 40.0 Å². The van der Waals surface area contributed by atoms with Crippen molar-refractivity contribution >= 4 is 5.91 Å². The fourth-order valence-electron chi connectivity index (χ4n) is 4.62. The van der Waals surface area contributed by atoms with Crippen LogP contribution in [0.4, 0.5) is 0 Å². The van der Waals surface area contributed by atoms with E-state index in [-0.39, 0.29) is 24.2 Å². The molecular weight excluding hydrogens is 396 g/mol. The molecular formula is C24H30N2O5. The maximum absolute atomic E-state index is 13.1. The van der Waals surface area contributed by atoms with Gasteiger partial charge in [0.2, 0.25) is 5.75 Å². The van der Waals surface area contributed by atoms with E-state index in [4.69, 9.17) is 18.9 Å². The highest BCUT2D eigenvalue weighted by atomic mass is 16.5. The summed E-state index contributed by atoms with van der Waals surface area (Å²) < 4.78 is 22.3. The molecule has 0 spiro atoms. The largest absolute Gasteiger partial charge is 0.493 e. The normalized spacial score (nSPS) is 23.5. The van der Waals surface area contributed by atoms with Crippen molar-refractivity contribution in [2.24, 2.45) is 0 Å². The van der Waals surface area contributed by atoms with Gasteiger partial charge in [-0.1, -0.05) is 36.8 Å². The smallest absolute Gasteiger partial charge is 0.253 e. The van der Waals surface area contributed by atoms with Crippen LogP contribution in [-0.2, 0) is 4.74 Å². The van der Waals surface area contributed by atoms with Gasteiger partial charge in [0.1, 0.15) is 6.23 Å². The summed E-state index contributed by atoms with van der Waals surface area (Å²) in [6.07, 6.45) is 2.91. The molecule has 2 aliphatic heterocycles. The third-order valence-electron chi connectivity index (χ3n) is 6.16. The minimum absolute atomic E-state index is 0.138. The summed E-state index contributed by atoms with van der Waals surface area (Å²) in [5.41, 5.74) is 1.69. The summed E-state index contributed by atoms with van der Waals surface area (Å²) in [5, 5.41) is 3.09. The molecule has 166 valence electrons. The van der Waals surface area contributed by atoms with E-state index in [0.29, 0.717) is 29.4 Å². The van der Waals surface area contributed by atoms with E-state index >= 15 is 0 Å². The van der Waals surface area contributed by atoms with Crippen molar-refractivity contribution in [2.75, 3.05) is 34.5 Å². The molecule has 2 heterocycles. The lowest BCUT2D eigenvalue weighted by atomic mass is 9.93. The van der Waals surface area contributed by atoms with E-state index in [9.17, 15) is 4.79 Å². The van der Waals surface area contributed by atoms with Gasteiger partial charge in [0.15, 0.2) is 11.5 Å². The Morgan fingerprint density at radius 3 is 2.39 bits per heavy atom. The Hall–Kier alpha value is -2.77. The number of hydrogen-bond donors (Lipinski definition) is 1. The number of fused-ring (bicyclic) bond motifs is 1. The molecule has 1 N–H and O–H groups in total. The van der Waals surface area contributed by atoms with Gasteiger partial charge in [0, 0.05) is 5.56 Å². The maximum Gasteiger partial charge on any atom is 0.253 e. The van der Waals surface area contributed by atoms with Gasteiger partial charge < -0.3 is 24.3 Å². The van der Waals surface area contributed by atoms with E-state index in [1.807, 2.05) is 6.07 Å². The number of morpholine rings is 1. The van der Waals surface area contributed by atoms with Crippen LogP contribution >= 0.6 is 0 Å². The second kappa shape index (κ2) is 9.58.